The summed E-state index contributed by atoms with van der Waals surface area (Å²) in [5.74, 6) is -0.386. The molecular weight excluding hydrogens is 440 g/mol. The van der Waals surface area contributed by atoms with Crippen LogP contribution in [0.1, 0.15) is 86.8 Å². The highest BCUT2D eigenvalue weighted by Gasteiger charge is 2.21. The molecule has 6 nitrogen and oxygen atoms in total. The summed E-state index contributed by atoms with van der Waals surface area (Å²) in [4.78, 5) is 32.9. The van der Waals surface area contributed by atoms with E-state index in [9.17, 15) is 9.59 Å². The standard InChI is InChI=1S/C29H42N2O4/c1-7-13-26-15-12-10-11-14-21(4)18-25(30-34-20-27(32)31(8-2)9-3)19-24-17-22(5)16-23(6)28(24)29(33)35-26/h10,12,16-18,26H,7-9,11,13-15,19-20H2,1-6H3/b12-10+,21-18+,30-25+. The molecule has 0 spiro atoms. The zero-order valence-electron chi connectivity index (χ0n) is 22.4. The van der Waals surface area contributed by atoms with Crippen molar-refractivity contribution < 1.29 is 19.2 Å². The van der Waals surface area contributed by atoms with Crippen molar-refractivity contribution in [1.82, 2.24) is 4.90 Å². The summed E-state index contributed by atoms with van der Waals surface area (Å²) in [5.41, 5.74) is 5.26. The number of aryl methyl sites for hydroxylation is 2. The SMILES string of the molecule is CCCC1C/C=C/CC/C(C)=C/C(=N\OCC(=O)N(CC)CC)Cc2cc(C)cc(C)c2C(=O)O1. The summed E-state index contributed by atoms with van der Waals surface area (Å²) in [5, 5.41) is 4.34. The average molecular weight is 483 g/mol. The van der Waals surface area contributed by atoms with Gasteiger partial charge in [0, 0.05) is 25.9 Å². The van der Waals surface area contributed by atoms with Gasteiger partial charge in [0.2, 0.25) is 0 Å². The van der Waals surface area contributed by atoms with E-state index in [1.165, 1.54) is 5.57 Å². The number of amides is 1. The minimum Gasteiger partial charge on any atom is -0.458 e. The largest absolute Gasteiger partial charge is 0.458 e. The first-order chi connectivity index (χ1) is 16.8. The van der Waals surface area contributed by atoms with E-state index < -0.39 is 0 Å². The van der Waals surface area contributed by atoms with Crippen LogP contribution in [-0.4, -0.2) is 48.3 Å². The molecule has 1 unspecified atom stereocenters. The van der Waals surface area contributed by atoms with Gasteiger partial charge in [0.05, 0.1) is 11.3 Å². The maximum Gasteiger partial charge on any atom is 0.338 e. The van der Waals surface area contributed by atoms with Gasteiger partial charge in [0.15, 0.2) is 6.61 Å². The Morgan fingerprint density at radius 3 is 2.57 bits per heavy atom. The molecule has 0 radical (unpaired) electrons. The van der Waals surface area contributed by atoms with Crippen molar-refractivity contribution in [3.8, 4) is 0 Å². The minimum absolute atomic E-state index is 0.0938. The minimum atomic E-state index is -0.293. The molecule has 0 fully saturated rings. The Morgan fingerprint density at radius 2 is 1.89 bits per heavy atom. The number of fused-ring (bicyclic) bond motifs is 1. The molecule has 1 aromatic rings. The summed E-state index contributed by atoms with van der Waals surface area (Å²) < 4.78 is 5.98. The lowest BCUT2D eigenvalue weighted by molar-refractivity contribution is -0.135. The molecule has 1 amide bonds. The van der Waals surface area contributed by atoms with E-state index in [0.29, 0.717) is 30.8 Å². The highest BCUT2D eigenvalue weighted by molar-refractivity contribution is 6.00. The topological polar surface area (TPSA) is 68.2 Å². The lowest BCUT2D eigenvalue weighted by atomic mass is 9.94. The quantitative estimate of drug-likeness (QED) is 0.268. The van der Waals surface area contributed by atoms with Gasteiger partial charge in [0.25, 0.3) is 5.91 Å². The number of esters is 1. The van der Waals surface area contributed by atoms with Gasteiger partial charge < -0.3 is 14.5 Å². The number of likely N-dealkylation sites (N-methyl/N-ethyl adjacent to an activating group) is 1. The van der Waals surface area contributed by atoms with E-state index in [2.05, 4.69) is 31.2 Å². The van der Waals surface area contributed by atoms with Crippen molar-refractivity contribution in [3.05, 3.63) is 58.2 Å². The van der Waals surface area contributed by atoms with Gasteiger partial charge in [0.1, 0.15) is 6.10 Å². The fraction of sp³-hybridized carbons (Fsp3) is 0.552. The molecule has 0 bridgehead atoms. The molecule has 0 N–H and O–H groups in total. The van der Waals surface area contributed by atoms with Crippen LogP contribution >= 0.6 is 0 Å². The Labute approximate surface area is 211 Å². The number of nitrogens with zero attached hydrogens (tertiary/aromatic N) is 2. The zero-order chi connectivity index (χ0) is 25.8. The van der Waals surface area contributed by atoms with Crippen molar-refractivity contribution in [3.63, 3.8) is 0 Å². The summed E-state index contributed by atoms with van der Waals surface area (Å²) in [6.45, 7) is 13.2. The van der Waals surface area contributed by atoms with Crippen molar-refractivity contribution in [2.45, 2.75) is 86.2 Å². The molecule has 2 rings (SSSR count). The Hall–Kier alpha value is -2.89. The van der Waals surface area contributed by atoms with Gasteiger partial charge >= 0.3 is 5.97 Å². The lowest BCUT2D eigenvalue weighted by Gasteiger charge is -2.19. The second-order valence-electron chi connectivity index (χ2n) is 9.27. The Balaban J connectivity index is 2.43. The number of ether oxygens (including phenoxy) is 1. The Bertz CT molecular complexity index is 958. The monoisotopic (exact) mass is 482 g/mol. The van der Waals surface area contributed by atoms with E-state index in [-0.39, 0.29) is 24.6 Å². The first-order valence-corrected chi connectivity index (χ1v) is 12.9. The number of allylic oxidation sites excluding steroid dienone is 3. The molecule has 0 saturated heterocycles. The van der Waals surface area contributed by atoms with Gasteiger partial charge in [-0.05, 0) is 71.1 Å². The fourth-order valence-corrected chi connectivity index (χ4v) is 4.42. The Morgan fingerprint density at radius 1 is 1.14 bits per heavy atom. The van der Waals surface area contributed by atoms with Crippen LogP contribution in [0, 0.1) is 13.8 Å². The van der Waals surface area contributed by atoms with Gasteiger partial charge in [-0.3, -0.25) is 4.79 Å². The lowest BCUT2D eigenvalue weighted by Crippen LogP contribution is -2.33. The first kappa shape index (κ1) is 28.3. The molecule has 1 heterocycles. The van der Waals surface area contributed by atoms with Gasteiger partial charge in [-0.15, -0.1) is 0 Å². The van der Waals surface area contributed by atoms with E-state index in [0.717, 1.165) is 48.8 Å². The molecule has 1 aliphatic heterocycles. The molecule has 0 saturated carbocycles. The zero-order valence-corrected chi connectivity index (χ0v) is 22.4. The van der Waals surface area contributed by atoms with Crippen molar-refractivity contribution in [2.75, 3.05) is 19.7 Å². The molecule has 6 heteroatoms. The number of hydrogen-bond donors (Lipinski definition) is 0. The van der Waals surface area contributed by atoms with Gasteiger partial charge in [-0.1, -0.05) is 53.9 Å². The maximum absolute atomic E-state index is 13.3. The highest BCUT2D eigenvalue weighted by Crippen LogP contribution is 2.23. The van der Waals surface area contributed by atoms with Gasteiger partial charge in [-0.25, -0.2) is 4.79 Å². The van der Waals surface area contributed by atoms with Gasteiger partial charge in [-0.2, -0.15) is 0 Å². The predicted octanol–water partition coefficient (Wildman–Crippen LogP) is 6.10. The third kappa shape index (κ3) is 9.00. The molecule has 0 aliphatic carbocycles. The second kappa shape index (κ2) is 14.5. The summed E-state index contributed by atoms with van der Waals surface area (Å²) in [7, 11) is 0. The number of oxime groups is 1. The molecule has 192 valence electrons. The van der Waals surface area contributed by atoms with Crippen LogP contribution in [-0.2, 0) is 20.8 Å². The predicted molar refractivity (Wildman–Crippen MR) is 142 cm³/mol. The van der Waals surface area contributed by atoms with E-state index in [1.807, 2.05) is 45.9 Å². The molecular formula is C29H42N2O4. The summed E-state index contributed by atoms with van der Waals surface area (Å²) >= 11 is 0. The fourth-order valence-electron chi connectivity index (χ4n) is 4.42. The van der Waals surface area contributed by atoms with Crippen molar-refractivity contribution >= 4 is 17.6 Å². The average Bonchev–Trinajstić information content (AvgIpc) is 2.78. The van der Waals surface area contributed by atoms with Crippen molar-refractivity contribution in [1.29, 1.82) is 0 Å². The van der Waals surface area contributed by atoms with Crippen LogP contribution in [0.25, 0.3) is 0 Å². The number of carbonyl (C=O) groups excluding carboxylic acids is 2. The number of hydrogen-bond acceptors (Lipinski definition) is 5. The first-order valence-electron chi connectivity index (χ1n) is 12.9. The van der Waals surface area contributed by atoms with Crippen LogP contribution in [0.4, 0.5) is 0 Å². The molecule has 1 aliphatic rings. The molecule has 35 heavy (non-hydrogen) atoms. The second-order valence-corrected chi connectivity index (χ2v) is 9.27. The summed E-state index contributed by atoms with van der Waals surface area (Å²) in [6, 6.07) is 4.03. The van der Waals surface area contributed by atoms with E-state index >= 15 is 0 Å². The van der Waals surface area contributed by atoms with Crippen molar-refractivity contribution in [2.24, 2.45) is 5.16 Å². The van der Waals surface area contributed by atoms with E-state index in [1.54, 1.807) is 4.90 Å². The van der Waals surface area contributed by atoms with E-state index in [4.69, 9.17) is 9.57 Å². The molecule has 0 aromatic heterocycles. The number of cyclic esters (lactones) is 1. The Kier molecular flexibility index (Phi) is 11.7. The smallest absolute Gasteiger partial charge is 0.338 e. The van der Waals surface area contributed by atoms with Crippen LogP contribution in [0.3, 0.4) is 0 Å². The number of benzene rings is 1. The third-order valence-corrected chi connectivity index (χ3v) is 6.19. The molecule has 1 aromatic carbocycles. The highest BCUT2D eigenvalue weighted by atomic mass is 16.6. The van der Waals surface area contributed by atoms with Crippen LogP contribution in [0.5, 0.6) is 0 Å². The summed E-state index contributed by atoms with van der Waals surface area (Å²) in [6.07, 6.45) is 10.9. The third-order valence-electron chi connectivity index (χ3n) is 6.19. The van der Waals surface area contributed by atoms with Crippen LogP contribution in [0.2, 0.25) is 0 Å². The molecule has 1 atom stereocenters. The normalized spacial score (nSPS) is 20.7. The van der Waals surface area contributed by atoms with Crippen LogP contribution in [0.15, 0.2) is 41.1 Å². The maximum atomic E-state index is 13.3. The van der Waals surface area contributed by atoms with Crippen LogP contribution < -0.4 is 0 Å². The number of carbonyl (C=O) groups is 2. The number of rotatable bonds is 7.